The number of carbonyl (C=O) groups excluding carboxylic acids is 1. The van der Waals surface area contributed by atoms with Gasteiger partial charge >= 0.3 is 0 Å². The molecule has 0 aliphatic rings. The van der Waals surface area contributed by atoms with E-state index in [9.17, 15) is 17.6 Å². The normalized spacial score (nSPS) is 11.0. The van der Waals surface area contributed by atoms with Gasteiger partial charge in [-0.1, -0.05) is 24.3 Å². The van der Waals surface area contributed by atoms with Crippen molar-refractivity contribution in [2.45, 2.75) is 6.42 Å². The summed E-state index contributed by atoms with van der Waals surface area (Å²) in [6.45, 7) is 0. The van der Waals surface area contributed by atoms with Crippen molar-refractivity contribution in [3.8, 4) is 0 Å². The maximum Gasteiger partial charge on any atom is 0.229 e. The molecule has 0 spiro atoms. The number of nitrogens with one attached hydrogen (secondary N) is 2. The molecule has 0 unspecified atom stereocenters. The Hall–Kier alpha value is -2.41. The molecule has 0 atom stereocenters. The van der Waals surface area contributed by atoms with Gasteiger partial charge in [0.05, 0.1) is 24.1 Å². The van der Waals surface area contributed by atoms with Crippen molar-refractivity contribution in [2.24, 2.45) is 0 Å². The number of carbonyl (C=O) groups is 1. The third-order valence-corrected chi connectivity index (χ3v) is 3.34. The first-order valence-electron chi connectivity index (χ1n) is 6.44. The number of benzene rings is 2. The number of hydrogen-bond donors (Lipinski definition) is 2. The molecular weight excluding hydrogens is 307 g/mol. The van der Waals surface area contributed by atoms with Crippen LogP contribution in [0.4, 0.5) is 15.8 Å². The van der Waals surface area contributed by atoms with Crippen LogP contribution < -0.4 is 10.0 Å². The van der Waals surface area contributed by atoms with E-state index in [-0.39, 0.29) is 18.0 Å². The smallest absolute Gasteiger partial charge is 0.229 e. The molecule has 0 aliphatic carbocycles. The van der Waals surface area contributed by atoms with Crippen molar-refractivity contribution in [2.75, 3.05) is 16.3 Å². The fourth-order valence-corrected chi connectivity index (χ4v) is 2.49. The molecule has 0 fully saturated rings. The highest BCUT2D eigenvalue weighted by molar-refractivity contribution is 7.92. The maximum atomic E-state index is 13.1. The first kappa shape index (κ1) is 16.0. The molecule has 5 nitrogen and oxygen atoms in total. The van der Waals surface area contributed by atoms with E-state index in [4.69, 9.17) is 0 Å². The van der Waals surface area contributed by atoms with Gasteiger partial charge in [0, 0.05) is 0 Å². The highest BCUT2D eigenvalue weighted by atomic mass is 32.2. The first-order chi connectivity index (χ1) is 10.3. The summed E-state index contributed by atoms with van der Waals surface area (Å²) in [6.07, 6.45) is 1.02. The van der Waals surface area contributed by atoms with Crippen LogP contribution >= 0.6 is 0 Å². The quantitative estimate of drug-likeness (QED) is 0.887. The van der Waals surface area contributed by atoms with Crippen LogP contribution in [0.2, 0.25) is 0 Å². The average Bonchev–Trinajstić information content (AvgIpc) is 2.39. The summed E-state index contributed by atoms with van der Waals surface area (Å²) in [5, 5.41) is 2.61. The minimum absolute atomic E-state index is 0.00896. The van der Waals surface area contributed by atoms with Gasteiger partial charge in [0.15, 0.2) is 0 Å². The molecule has 2 aromatic rings. The highest BCUT2D eigenvalue weighted by Gasteiger charge is 2.10. The SMILES string of the molecule is CS(=O)(=O)Nc1ccccc1NC(=O)Cc1cccc(F)c1. The molecule has 0 bridgehead atoms. The van der Waals surface area contributed by atoms with Crippen LogP contribution in [0.15, 0.2) is 48.5 Å². The van der Waals surface area contributed by atoms with Crippen molar-refractivity contribution in [3.63, 3.8) is 0 Å². The lowest BCUT2D eigenvalue weighted by Gasteiger charge is -2.11. The molecule has 0 radical (unpaired) electrons. The van der Waals surface area contributed by atoms with Gasteiger partial charge in [-0.15, -0.1) is 0 Å². The lowest BCUT2D eigenvalue weighted by molar-refractivity contribution is -0.115. The van der Waals surface area contributed by atoms with E-state index >= 15 is 0 Å². The zero-order valence-corrected chi connectivity index (χ0v) is 12.7. The van der Waals surface area contributed by atoms with Gasteiger partial charge in [-0.2, -0.15) is 0 Å². The number of rotatable bonds is 5. The van der Waals surface area contributed by atoms with Crippen molar-refractivity contribution < 1.29 is 17.6 Å². The van der Waals surface area contributed by atoms with Crippen molar-refractivity contribution in [1.29, 1.82) is 0 Å². The minimum atomic E-state index is -3.45. The number of hydrogen-bond acceptors (Lipinski definition) is 3. The van der Waals surface area contributed by atoms with Crippen molar-refractivity contribution in [1.82, 2.24) is 0 Å². The van der Waals surface area contributed by atoms with Gasteiger partial charge in [0.1, 0.15) is 5.82 Å². The summed E-state index contributed by atoms with van der Waals surface area (Å²) in [5.41, 5.74) is 1.15. The van der Waals surface area contributed by atoms with Crippen molar-refractivity contribution >= 4 is 27.3 Å². The molecule has 2 N–H and O–H groups in total. The third-order valence-electron chi connectivity index (χ3n) is 2.75. The van der Waals surface area contributed by atoms with Gasteiger partial charge in [0.25, 0.3) is 0 Å². The fourth-order valence-electron chi connectivity index (χ4n) is 1.91. The predicted octanol–water partition coefficient (Wildman–Crippen LogP) is 2.38. The van der Waals surface area contributed by atoms with E-state index in [1.807, 2.05) is 0 Å². The molecule has 0 aromatic heterocycles. The van der Waals surface area contributed by atoms with E-state index in [0.29, 0.717) is 11.3 Å². The van der Waals surface area contributed by atoms with Crippen LogP contribution in [-0.2, 0) is 21.2 Å². The largest absolute Gasteiger partial charge is 0.324 e. The Bertz CT molecular complexity index is 791. The standard InChI is InChI=1S/C15H15FN2O3S/c1-22(20,21)18-14-8-3-2-7-13(14)17-15(19)10-11-5-4-6-12(16)9-11/h2-9,18H,10H2,1H3,(H,17,19). The van der Waals surface area contributed by atoms with Gasteiger partial charge in [-0.3, -0.25) is 9.52 Å². The molecule has 0 saturated carbocycles. The molecule has 2 aromatic carbocycles. The zero-order chi connectivity index (χ0) is 16.2. The second-order valence-corrected chi connectivity index (χ2v) is 6.52. The van der Waals surface area contributed by atoms with Crippen LogP contribution in [0.25, 0.3) is 0 Å². The molecule has 0 heterocycles. The molecular formula is C15H15FN2O3S. The molecule has 0 saturated heterocycles. The maximum absolute atomic E-state index is 13.1. The Morgan fingerprint density at radius 3 is 2.41 bits per heavy atom. The second kappa shape index (κ2) is 6.57. The van der Waals surface area contributed by atoms with Crippen LogP contribution in [0.3, 0.4) is 0 Å². The summed E-state index contributed by atoms with van der Waals surface area (Å²) in [6, 6.07) is 12.2. The van der Waals surface area contributed by atoms with Gasteiger partial charge < -0.3 is 5.32 Å². The molecule has 2 rings (SSSR count). The van der Waals surface area contributed by atoms with E-state index in [0.717, 1.165) is 6.26 Å². The Morgan fingerprint density at radius 1 is 1.09 bits per heavy atom. The topological polar surface area (TPSA) is 75.3 Å². The Kier molecular flexibility index (Phi) is 4.77. The summed E-state index contributed by atoms with van der Waals surface area (Å²) >= 11 is 0. The number of para-hydroxylation sites is 2. The number of anilines is 2. The summed E-state index contributed by atoms with van der Waals surface area (Å²) < 4.78 is 38.0. The summed E-state index contributed by atoms with van der Waals surface area (Å²) in [4.78, 5) is 12.0. The fraction of sp³-hybridized carbons (Fsp3) is 0.133. The minimum Gasteiger partial charge on any atom is -0.324 e. The average molecular weight is 322 g/mol. The number of sulfonamides is 1. The van der Waals surface area contributed by atoms with Crippen LogP contribution in [0.5, 0.6) is 0 Å². The molecule has 7 heteroatoms. The Balaban J connectivity index is 2.12. The van der Waals surface area contributed by atoms with Crippen molar-refractivity contribution in [3.05, 3.63) is 59.9 Å². The Labute approximate surface area is 128 Å². The summed E-state index contributed by atoms with van der Waals surface area (Å²) in [7, 11) is -3.45. The molecule has 22 heavy (non-hydrogen) atoms. The highest BCUT2D eigenvalue weighted by Crippen LogP contribution is 2.22. The molecule has 116 valence electrons. The van der Waals surface area contributed by atoms with E-state index in [1.165, 1.54) is 18.2 Å². The zero-order valence-electron chi connectivity index (χ0n) is 11.8. The van der Waals surface area contributed by atoms with Crippen LogP contribution in [0, 0.1) is 5.82 Å². The number of halogens is 1. The molecule has 1 amide bonds. The van der Waals surface area contributed by atoms with Crippen LogP contribution in [0.1, 0.15) is 5.56 Å². The third kappa shape index (κ3) is 4.85. The van der Waals surface area contributed by atoms with E-state index < -0.39 is 15.8 Å². The number of amides is 1. The Morgan fingerprint density at radius 2 is 1.77 bits per heavy atom. The van der Waals surface area contributed by atoms with Crippen LogP contribution in [-0.4, -0.2) is 20.6 Å². The summed E-state index contributed by atoms with van der Waals surface area (Å²) in [5.74, 6) is -0.780. The monoisotopic (exact) mass is 322 g/mol. The van der Waals surface area contributed by atoms with E-state index in [1.54, 1.807) is 30.3 Å². The second-order valence-electron chi connectivity index (χ2n) is 4.77. The predicted molar refractivity (Wildman–Crippen MR) is 83.6 cm³/mol. The lowest BCUT2D eigenvalue weighted by atomic mass is 10.1. The first-order valence-corrected chi connectivity index (χ1v) is 8.34. The van der Waals surface area contributed by atoms with Gasteiger partial charge in [0.2, 0.25) is 15.9 Å². The lowest BCUT2D eigenvalue weighted by Crippen LogP contribution is -2.17. The molecule has 0 aliphatic heterocycles. The van der Waals surface area contributed by atoms with Gasteiger partial charge in [-0.05, 0) is 29.8 Å². The van der Waals surface area contributed by atoms with Gasteiger partial charge in [-0.25, -0.2) is 12.8 Å². The van der Waals surface area contributed by atoms with E-state index in [2.05, 4.69) is 10.0 Å².